The number of nitrogens with one attached hydrogen (secondary N) is 6. The Hall–Kier alpha value is -8.69. The highest BCUT2D eigenvalue weighted by Gasteiger charge is 2.36. The van der Waals surface area contributed by atoms with E-state index in [-0.39, 0.29) is 108 Å². The van der Waals surface area contributed by atoms with Crippen molar-refractivity contribution in [2.75, 3.05) is 13.1 Å². The summed E-state index contributed by atoms with van der Waals surface area (Å²) in [7, 11) is 0. The monoisotopic (exact) mass is 1070 g/mol. The number of hydrogen-bond acceptors (Lipinski definition) is 13. The molecule has 1 aromatic heterocycles. The summed E-state index contributed by atoms with van der Waals surface area (Å²) in [5.74, 6) is -11.9. The standard InChI is InChI=1S/C52H69N13O12/c1-29(66)61-38(13-7-21-59-52(56)57)47(73)62-39-19-18-35(67)9-2-4-12-40(50(76)77)63-46(72)33(23-34-28-60-37-11-5-3-10-36(34)37)25-43(68)32(8-6-20-58-51(54)55)24-44(69)41(22-30-14-16-31(27-53)17-15-30)64-49(75)42(26-45(70)71)65-48(39)74/h3,5,10-11,14-17,28,32-33,38-42,60H,2,4,6-9,12-13,18-26H2,1H3,(H,61,66)(H,62,73)(H,63,72)(H,64,75)(H,65,74)(H,70,71)(H,76,77)(H4,54,55,58)(H4,56,57,59)/t32-,33-,38+,39+,40+,41-,42+/m1/s1. The molecule has 0 bridgehead atoms. The predicted octanol–water partition coefficient (Wildman–Crippen LogP) is 0.00928. The maximum absolute atomic E-state index is 14.7. The van der Waals surface area contributed by atoms with Crippen LogP contribution in [0.25, 0.3) is 10.9 Å². The van der Waals surface area contributed by atoms with Crippen LogP contribution in [-0.4, -0.2) is 129 Å². The van der Waals surface area contributed by atoms with E-state index in [1.54, 1.807) is 12.3 Å². The molecule has 7 atom stereocenters. The van der Waals surface area contributed by atoms with E-state index in [1.807, 2.05) is 24.3 Å². The van der Waals surface area contributed by atoms with Crippen LogP contribution in [0.2, 0.25) is 0 Å². The number of rotatable bonds is 18. The number of guanidine groups is 2. The molecular weight excluding hydrogens is 999 g/mol. The van der Waals surface area contributed by atoms with E-state index < -0.39 is 120 Å². The molecule has 0 radical (unpaired) electrons. The Morgan fingerprint density at radius 3 is 2.08 bits per heavy atom. The van der Waals surface area contributed by atoms with Crippen molar-refractivity contribution >= 4 is 81.6 Å². The van der Waals surface area contributed by atoms with Crippen LogP contribution in [0.1, 0.15) is 107 Å². The molecule has 77 heavy (non-hydrogen) atoms. The Kier molecular flexibility index (Phi) is 24.2. The Morgan fingerprint density at radius 1 is 0.766 bits per heavy atom. The van der Waals surface area contributed by atoms with Crippen LogP contribution in [0.15, 0.2) is 64.7 Å². The van der Waals surface area contributed by atoms with Gasteiger partial charge < -0.3 is 64.7 Å². The van der Waals surface area contributed by atoms with Crippen molar-refractivity contribution < 1.29 is 58.2 Å². The van der Waals surface area contributed by atoms with Gasteiger partial charge in [-0.05, 0) is 87.1 Å². The van der Waals surface area contributed by atoms with Gasteiger partial charge in [-0.2, -0.15) is 5.26 Å². The third-order valence-electron chi connectivity index (χ3n) is 12.9. The highest BCUT2D eigenvalue weighted by atomic mass is 16.4. The van der Waals surface area contributed by atoms with E-state index >= 15 is 0 Å². The molecule has 5 amide bonds. The number of H-pyrrole nitrogens is 1. The molecule has 0 unspecified atom stereocenters. The molecule has 3 aromatic rings. The number of fused-ring (bicyclic) bond motifs is 1. The molecule has 0 spiro atoms. The van der Waals surface area contributed by atoms with Gasteiger partial charge in [0.15, 0.2) is 17.7 Å². The van der Waals surface area contributed by atoms with Crippen LogP contribution in [-0.2, 0) is 60.8 Å². The second kappa shape index (κ2) is 30.6. The number of benzene rings is 2. The number of Topliss-reactive ketones (excluding diaryl/α,β-unsaturated/α-hetero) is 3. The molecule has 16 N–H and O–H groups in total. The first-order chi connectivity index (χ1) is 36.6. The fraction of sp³-hybridized carbons (Fsp3) is 0.481. The van der Waals surface area contributed by atoms with E-state index in [2.05, 4.69) is 41.6 Å². The molecule has 25 heteroatoms. The van der Waals surface area contributed by atoms with Gasteiger partial charge in [0.2, 0.25) is 29.5 Å². The SMILES string of the molecule is CC(=O)N[C@@H](CCCN=C(N)N)C(=O)N[C@H]1CCC(=O)CCCC[C@@H](C(=O)O)NC(=O)[C@H](Cc2c[nH]c3ccccc23)CC(=O)[C@H](CCCN=C(N)N)CC(=O)[C@@H](Cc2ccc(C#N)cc2)NC(=O)[C@H](CC(=O)O)NC1=O. The van der Waals surface area contributed by atoms with Gasteiger partial charge in [0, 0.05) is 74.6 Å². The molecular formula is C52H69N13O12. The lowest BCUT2D eigenvalue weighted by molar-refractivity contribution is -0.143. The summed E-state index contributed by atoms with van der Waals surface area (Å²) in [5, 5.41) is 43.0. The van der Waals surface area contributed by atoms with Gasteiger partial charge in [0.25, 0.3) is 0 Å². The number of aromatic amines is 1. The van der Waals surface area contributed by atoms with Crippen LogP contribution in [0, 0.1) is 23.2 Å². The van der Waals surface area contributed by atoms with Gasteiger partial charge in [-0.15, -0.1) is 0 Å². The fourth-order valence-electron chi connectivity index (χ4n) is 8.87. The van der Waals surface area contributed by atoms with Crippen molar-refractivity contribution in [2.45, 2.75) is 133 Å². The van der Waals surface area contributed by atoms with E-state index in [0.29, 0.717) is 11.1 Å². The van der Waals surface area contributed by atoms with Gasteiger partial charge in [0.1, 0.15) is 35.7 Å². The number of nitrogens with two attached hydrogens (primary N) is 4. The van der Waals surface area contributed by atoms with Crippen LogP contribution < -0.4 is 49.5 Å². The molecule has 2 aromatic carbocycles. The first-order valence-electron chi connectivity index (χ1n) is 25.3. The number of carbonyl (C=O) groups excluding carboxylic acids is 8. The summed E-state index contributed by atoms with van der Waals surface area (Å²) in [6, 6.07) is 7.51. The van der Waals surface area contributed by atoms with Gasteiger partial charge >= 0.3 is 11.9 Å². The van der Waals surface area contributed by atoms with Gasteiger partial charge in [-0.3, -0.25) is 53.1 Å². The number of ketones is 3. The molecule has 0 saturated carbocycles. The van der Waals surface area contributed by atoms with Crippen LogP contribution >= 0.6 is 0 Å². The molecule has 2 heterocycles. The molecule has 1 aliphatic rings. The zero-order chi connectivity index (χ0) is 56.6. The number of nitrogens with zero attached hydrogens (tertiary/aromatic N) is 3. The zero-order valence-electron chi connectivity index (χ0n) is 42.9. The molecule has 4 rings (SSSR count). The van der Waals surface area contributed by atoms with E-state index in [4.69, 9.17) is 22.9 Å². The second-order valence-electron chi connectivity index (χ2n) is 19.0. The minimum atomic E-state index is -1.90. The lowest BCUT2D eigenvalue weighted by atomic mass is 9.83. The minimum absolute atomic E-state index is 0.000643. The lowest BCUT2D eigenvalue weighted by Crippen LogP contribution is -2.58. The number of hydrogen-bond donors (Lipinski definition) is 12. The number of carboxylic acid groups (broad SMARTS) is 2. The largest absolute Gasteiger partial charge is 0.481 e. The third kappa shape index (κ3) is 20.9. The minimum Gasteiger partial charge on any atom is -0.481 e. The first-order valence-corrected chi connectivity index (χ1v) is 25.3. The van der Waals surface area contributed by atoms with Crippen molar-refractivity contribution in [1.29, 1.82) is 5.26 Å². The maximum atomic E-state index is 14.7. The average Bonchev–Trinajstić information content (AvgIpc) is 3.79. The summed E-state index contributed by atoms with van der Waals surface area (Å²) < 4.78 is 0. The summed E-state index contributed by atoms with van der Waals surface area (Å²) >= 11 is 0. The molecule has 25 nitrogen and oxygen atoms in total. The van der Waals surface area contributed by atoms with Gasteiger partial charge in [-0.1, -0.05) is 36.8 Å². The van der Waals surface area contributed by atoms with Crippen LogP contribution in [0.5, 0.6) is 0 Å². The lowest BCUT2D eigenvalue weighted by Gasteiger charge is -2.27. The smallest absolute Gasteiger partial charge is 0.326 e. The fourth-order valence-corrected chi connectivity index (χ4v) is 8.87. The normalized spacial score (nSPS) is 21.0. The second-order valence-corrected chi connectivity index (χ2v) is 19.0. The number of nitriles is 1. The van der Waals surface area contributed by atoms with Gasteiger partial charge in [0.05, 0.1) is 24.1 Å². The highest BCUT2D eigenvalue weighted by Crippen LogP contribution is 2.26. The van der Waals surface area contributed by atoms with E-state index in [1.165, 1.54) is 24.3 Å². The quantitative estimate of drug-likeness (QED) is 0.0453. The molecule has 414 valence electrons. The van der Waals surface area contributed by atoms with E-state index in [9.17, 15) is 63.4 Å². The number of para-hydroxylation sites is 1. The van der Waals surface area contributed by atoms with Crippen LogP contribution in [0.4, 0.5) is 0 Å². The van der Waals surface area contributed by atoms with Gasteiger partial charge in [-0.25, -0.2) is 4.79 Å². The number of aliphatic imine (C=N–C) groups is 2. The number of aliphatic carboxylic acids is 2. The Morgan fingerprint density at radius 2 is 1.43 bits per heavy atom. The average molecular weight is 1070 g/mol. The molecule has 0 aliphatic carbocycles. The van der Waals surface area contributed by atoms with Crippen molar-refractivity contribution in [1.82, 2.24) is 31.6 Å². The summed E-state index contributed by atoms with van der Waals surface area (Å²) in [6.07, 6.45) is -0.992. The number of aromatic nitrogens is 1. The molecule has 1 saturated heterocycles. The summed E-state index contributed by atoms with van der Waals surface area (Å²) in [5.41, 5.74) is 24.1. The van der Waals surface area contributed by atoms with E-state index in [0.717, 1.165) is 17.8 Å². The first kappa shape index (κ1) is 60.9. The number of carbonyl (C=O) groups is 10. The topological polar surface area (TPSA) is 440 Å². The third-order valence-corrected chi connectivity index (χ3v) is 12.9. The Bertz CT molecular complexity index is 2710. The predicted molar refractivity (Wildman–Crippen MR) is 281 cm³/mol. The van der Waals surface area contributed by atoms with Crippen molar-refractivity contribution in [3.05, 3.63) is 71.4 Å². The summed E-state index contributed by atoms with van der Waals surface area (Å²) in [6.45, 7) is 1.28. The van der Waals surface area contributed by atoms with Crippen molar-refractivity contribution in [3.8, 4) is 6.07 Å². The molecule has 1 fully saturated rings. The Labute approximate surface area is 444 Å². The van der Waals surface area contributed by atoms with Crippen molar-refractivity contribution in [2.24, 2.45) is 44.8 Å². The number of carboxylic acids is 2. The zero-order valence-corrected chi connectivity index (χ0v) is 42.9. The number of amides is 5. The highest BCUT2D eigenvalue weighted by molar-refractivity contribution is 5.99. The maximum Gasteiger partial charge on any atom is 0.326 e. The summed E-state index contributed by atoms with van der Waals surface area (Å²) in [4.78, 5) is 148. The Balaban J connectivity index is 1.80. The van der Waals surface area contributed by atoms with Crippen molar-refractivity contribution in [3.63, 3.8) is 0 Å². The molecule has 1 aliphatic heterocycles. The van der Waals surface area contributed by atoms with Crippen LogP contribution in [0.3, 0.4) is 0 Å².